The summed E-state index contributed by atoms with van der Waals surface area (Å²) in [6.07, 6.45) is 0.710. The van der Waals surface area contributed by atoms with Gasteiger partial charge < -0.3 is 5.73 Å². The van der Waals surface area contributed by atoms with Gasteiger partial charge in [0, 0.05) is 5.41 Å². The fraction of sp³-hybridized carbons (Fsp3) is 0.889. The molecule has 94 valence electrons. The summed E-state index contributed by atoms with van der Waals surface area (Å²) < 4.78 is 30.0. The number of nitrogens with zero attached hydrogens (tertiary/aromatic N) is 1. The van der Waals surface area contributed by atoms with E-state index in [2.05, 4.69) is 14.2 Å². The molecule has 0 saturated heterocycles. The van der Waals surface area contributed by atoms with Gasteiger partial charge in [-0.25, -0.2) is 5.48 Å². The SMILES string of the molecule is CC(C)(CN)CC(C)(C)C1=NS(=O)(=O)ON1. The molecule has 1 rings (SSSR count). The molecule has 16 heavy (non-hydrogen) atoms. The van der Waals surface area contributed by atoms with Crippen molar-refractivity contribution in [3.05, 3.63) is 0 Å². The number of nitrogens with two attached hydrogens (primary N) is 1. The van der Waals surface area contributed by atoms with Gasteiger partial charge in [0.05, 0.1) is 0 Å². The molecule has 1 aliphatic rings. The largest absolute Gasteiger partial charge is 0.403 e. The molecule has 0 aromatic rings. The van der Waals surface area contributed by atoms with Crippen LogP contribution in [0.4, 0.5) is 0 Å². The van der Waals surface area contributed by atoms with Crippen molar-refractivity contribution >= 4 is 16.1 Å². The van der Waals surface area contributed by atoms with E-state index in [1.807, 2.05) is 27.7 Å². The number of rotatable bonds is 4. The lowest BCUT2D eigenvalue weighted by Gasteiger charge is -2.33. The fourth-order valence-corrected chi connectivity index (χ4v) is 2.58. The van der Waals surface area contributed by atoms with E-state index >= 15 is 0 Å². The normalized spacial score (nSPS) is 20.4. The second kappa shape index (κ2) is 3.97. The van der Waals surface area contributed by atoms with E-state index in [0.29, 0.717) is 18.8 Å². The molecular weight excluding hydrogens is 230 g/mol. The van der Waals surface area contributed by atoms with Gasteiger partial charge in [-0.1, -0.05) is 27.7 Å². The van der Waals surface area contributed by atoms with E-state index in [-0.39, 0.29) is 5.41 Å². The van der Waals surface area contributed by atoms with Crippen LogP contribution < -0.4 is 11.2 Å². The van der Waals surface area contributed by atoms with Crippen molar-refractivity contribution in [2.45, 2.75) is 34.1 Å². The van der Waals surface area contributed by atoms with E-state index in [4.69, 9.17) is 5.73 Å². The number of hydrogen-bond acceptors (Lipinski definition) is 5. The summed E-state index contributed by atoms with van der Waals surface area (Å²) in [5, 5.41) is 0. The molecule has 7 heteroatoms. The van der Waals surface area contributed by atoms with Crippen molar-refractivity contribution in [3.63, 3.8) is 0 Å². The van der Waals surface area contributed by atoms with E-state index in [9.17, 15) is 8.42 Å². The summed E-state index contributed by atoms with van der Waals surface area (Å²) in [6.45, 7) is 8.39. The number of amidine groups is 1. The van der Waals surface area contributed by atoms with Gasteiger partial charge in [-0.2, -0.15) is 8.42 Å². The maximum Gasteiger partial charge on any atom is 0.403 e. The Morgan fingerprint density at radius 1 is 1.38 bits per heavy atom. The zero-order valence-corrected chi connectivity index (χ0v) is 10.9. The number of hydrogen-bond donors (Lipinski definition) is 2. The van der Waals surface area contributed by atoms with Crippen LogP contribution >= 0.6 is 0 Å². The minimum absolute atomic E-state index is 0.0833. The Hall–Kier alpha value is -0.660. The average Bonchev–Trinajstić information content (AvgIpc) is 2.45. The molecule has 1 heterocycles. The topological polar surface area (TPSA) is 93.8 Å². The first-order valence-corrected chi connectivity index (χ1v) is 6.44. The standard InChI is InChI=1S/C9H19N3O3S/c1-8(2,6-10)5-9(3,4)7-11-15-16(13,14)12-7/h5-6,10H2,1-4H3,(H,11,12). The minimum Gasteiger partial charge on any atom is -0.330 e. The first-order valence-electron chi connectivity index (χ1n) is 5.08. The highest BCUT2D eigenvalue weighted by atomic mass is 32.2. The maximum atomic E-state index is 11.0. The Morgan fingerprint density at radius 3 is 2.31 bits per heavy atom. The van der Waals surface area contributed by atoms with E-state index in [1.165, 1.54) is 0 Å². The third kappa shape index (κ3) is 3.16. The van der Waals surface area contributed by atoms with Crippen molar-refractivity contribution in [3.8, 4) is 0 Å². The molecule has 6 nitrogen and oxygen atoms in total. The molecule has 3 N–H and O–H groups in total. The molecule has 0 fully saturated rings. The molecule has 1 aliphatic heterocycles. The summed E-state index contributed by atoms with van der Waals surface area (Å²) in [5.41, 5.74) is 7.50. The Morgan fingerprint density at radius 2 is 1.94 bits per heavy atom. The summed E-state index contributed by atoms with van der Waals surface area (Å²) in [4.78, 5) is 0. The second-order valence-corrected chi connectivity index (χ2v) is 6.69. The van der Waals surface area contributed by atoms with Crippen LogP contribution in [0.25, 0.3) is 0 Å². The molecule has 0 radical (unpaired) electrons. The Labute approximate surface area is 96.5 Å². The van der Waals surface area contributed by atoms with Gasteiger partial charge >= 0.3 is 10.3 Å². The van der Waals surface area contributed by atoms with Gasteiger partial charge in [0.2, 0.25) is 0 Å². The summed E-state index contributed by atoms with van der Waals surface area (Å²) in [6, 6.07) is 0. The molecule has 0 bridgehead atoms. The molecule has 0 unspecified atom stereocenters. The van der Waals surface area contributed by atoms with Crippen LogP contribution in [0.1, 0.15) is 34.1 Å². The van der Waals surface area contributed by atoms with E-state index < -0.39 is 15.7 Å². The van der Waals surface area contributed by atoms with Crippen LogP contribution in [0.3, 0.4) is 0 Å². The second-order valence-electron chi connectivity index (χ2n) is 5.48. The van der Waals surface area contributed by atoms with Crippen LogP contribution in [0.5, 0.6) is 0 Å². The zero-order chi connectivity index (χ0) is 12.6. The molecule has 0 saturated carbocycles. The number of nitrogens with one attached hydrogen (secondary N) is 1. The van der Waals surface area contributed by atoms with Gasteiger partial charge in [-0.05, 0) is 18.4 Å². The first-order chi connectivity index (χ1) is 7.08. The lowest BCUT2D eigenvalue weighted by Crippen LogP contribution is -2.39. The predicted octanol–water partition coefficient (Wildman–Crippen LogP) is 0.566. The minimum atomic E-state index is -3.80. The quantitative estimate of drug-likeness (QED) is 0.759. The van der Waals surface area contributed by atoms with Crippen molar-refractivity contribution < 1.29 is 12.7 Å². The third-order valence-corrected chi connectivity index (χ3v) is 3.26. The van der Waals surface area contributed by atoms with Gasteiger partial charge in [-0.15, -0.1) is 8.68 Å². The van der Waals surface area contributed by atoms with E-state index in [0.717, 1.165) is 0 Å². The summed E-state index contributed by atoms with van der Waals surface area (Å²) >= 11 is 0. The molecule has 0 aliphatic carbocycles. The smallest absolute Gasteiger partial charge is 0.330 e. The molecule has 0 atom stereocenters. The summed E-state index contributed by atoms with van der Waals surface area (Å²) in [5.74, 6) is 0.328. The van der Waals surface area contributed by atoms with E-state index in [1.54, 1.807) is 0 Å². The molecular formula is C9H19N3O3S. The Bertz CT molecular complexity index is 398. The van der Waals surface area contributed by atoms with Gasteiger partial charge in [0.25, 0.3) is 0 Å². The van der Waals surface area contributed by atoms with Crippen LogP contribution in [-0.2, 0) is 14.6 Å². The monoisotopic (exact) mass is 249 g/mol. The highest BCUT2D eigenvalue weighted by molar-refractivity contribution is 7.85. The maximum absolute atomic E-state index is 11.0. The lowest BCUT2D eigenvalue weighted by molar-refractivity contribution is 0.230. The van der Waals surface area contributed by atoms with Crippen LogP contribution in [0, 0.1) is 10.8 Å². The Balaban J connectivity index is 2.88. The van der Waals surface area contributed by atoms with Gasteiger partial charge in [0.15, 0.2) is 0 Å². The first kappa shape index (κ1) is 13.4. The van der Waals surface area contributed by atoms with Crippen LogP contribution in [-0.4, -0.2) is 20.8 Å². The fourth-order valence-electron chi connectivity index (χ4n) is 1.86. The Kier molecular flexibility index (Phi) is 3.33. The highest BCUT2D eigenvalue weighted by Gasteiger charge is 2.37. The molecule has 0 aromatic heterocycles. The van der Waals surface area contributed by atoms with Crippen molar-refractivity contribution in [2.75, 3.05) is 6.54 Å². The molecule has 0 spiro atoms. The van der Waals surface area contributed by atoms with Gasteiger partial charge in [-0.3, -0.25) is 0 Å². The number of hydroxylamine groups is 1. The third-order valence-electron chi connectivity index (χ3n) is 2.56. The van der Waals surface area contributed by atoms with Crippen molar-refractivity contribution in [1.29, 1.82) is 0 Å². The highest BCUT2D eigenvalue weighted by Crippen LogP contribution is 2.34. The van der Waals surface area contributed by atoms with Crippen molar-refractivity contribution in [2.24, 2.45) is 21.0 Å². The van der Waals surface area contributed by atoms with Gasteiger partial charge in [0.1, 0.15) is 5.84 Å². The average molecular weight is 249 g/mol. The van der Waals surface area contributed by atoms with Crippen LogP contribution in [0.2, 0.25) is 0 Å². The molecule has 0 aromatic carbocycles. The predicted molar refractivity (Wildman–Crippen MR) is 61.8 cm³/mol. The van der Waals surface area contributed by atoms with Crippen molar-refractivity contribution in [1.82, 2.24) is 5.48 Å². The summed E-state index contributed by atoms with van der Waals surface area (Å²) in [7, 11) is -3.80. The lowest BCUT2D eigenvalue weighted by atomic mass is 9.74. The molecule has 0 amide bonds. The zero-order valence-electron chi connectivity index (χ0n) is 10.1. The van der Waals surface area contributed by atoms with Crippen LogP contribution in [0.15, 0.2) is 4.40 Å².